The van der Waals surface area contributed by atoms with Crippen LogP contribution in [0.25, 0.3) is 0 Å². The van der Waals surface area contributed by atoms with Crippen molar-refractivity contribution in [1.82, 2.24) is 19.7 Å². The van der Waals surface area contributed by atoms with Crippen molar-refractivity contribution in [2.24, 2.45) is 0 Å². The molecule has 0 spiro atoms. The maximum Gasteiger partial charge on any atom is 0.232 e. The molecule has 1 saturated carbocycles. The minimum absolute atomic E-state index is 0.107. The van der Waals surface area contributed by atoms with E-state index in [1.54, 1.807) is 11.8 Å². The van der Waals surface area contributed by atoms with Gasteiger partial charge in [-0.2, -0.15) is 4.98 Å². The number of thioether (sulfide) groups is 1. The molecular weight excluding hydrogens is 320 g/mol. The minimum atomic E-state index is -0.107. The molecule has 1 aliphatic rings. The molecule has 2 aromatic heterocycles. The van der Waals surface area contributed by atoms with Crippen LogP contribution in [-0.4, -0.2) is 19.7 Å². The molecule has 3 rings (SSSR count). The third-order valence-electron chi connectivity index (χ3n) is 4.73. The van der Waals surface area contributed by atoms with E-state index < -0.39 is 0 Å². The standard InChI is InChI=1S/C18H28N4OS/c1-12-13(2)22(14-9-7-6-8-10-14)17(19-12)24-11-15-20-16(23-21-15)18(3,4)5/h14H,6-11H2,1-5H3. The van der Waals surface area contributed by atoms with Crippen molar-refractivity contribution in [3.05, 3.63) is 23.1 Å². The molecule has 5 nitrogen and oxygen atoms in total. The first-order valence-electron chi connectivity index (χ1n) is 8.87. The van der Waals surface area contributed by atoms with Gasteiger partial charge in [-0.3, -0.25) is 0 Å². The fourth-order valence-corrected chi connectivity index (χ4v) is 4.22. The molecule has 0 N–H and O–H groups in total. The van der Waals surface area contributed by atoms with Crippen LogP contribution in [0.15, 0.2) is 9.68 Å². The highest BCUT2D eigenvalue weighted by molar-refractivity contribution is 7.98. The Morgan fingerprint density at radius 3 is 2.46 bits per heavy atom. The Morgan fingerprint density at radius 2 is 1.83 bits per heavy atom. The monoisotopic (exact) mass is 348 g/mol. The molecule has 0 amide bonds. The van der Waals surface area contributed by atoms with Crippen LogP contribution in [0, 0.1) is 13.8 Å². The van der Waals surface area contributed by atoms with Gasteiger partial charge in [0.2, 0.25) is 5.89 Å². The Bertz CT molecular complexity index is 692. The number of hydrogen-bond donors (Lipinski definition) is 0. The quantitative estimate of drug-likeness (QED) is 0.730. The lowest BCUT2D eigenvalue weighted by Crippen LogP contribution is -2.15. The largest absolute Gasteiger partial charge is 0.339 e. The first-order valence-corrected chi connectivity index (χ1v) is 9.86. The summed E-state index contributed by atoms with van der Waals surface area (Å²) in [5.74, 6) is 2.14. The molecule has 1 fully saturated rings. The van der Waals surface area contributed by atoms with Crippen LogP contribution >= 0.6 is 11.8 Å². The van der Waals surface area contributed by atoms with E-state index in [4.69, 9.17) is 9.51 Å². The van der Waals surface area contributed by atoms with E-state index in [-0.39, 0.29) is 5.41 Å². The van der Waals surface area contributed by atoms with Gasteiger partial charge in [-0.15, -0.1) is 0 Å². The second kappa shape index (κ2) is 6.90. The van der Waals surface area contributed by atoms with Crippen LogP contribution in [0.1, 0.15) is 82.0 Å². The number of rotatable bonds is 4. The molecule has 2 heterocycles. The Morgan fingerprint density at radius 1 is 1.12 bits per heavy atom. The maximum atomic E-state index is 5.39. The first kappa shape index (κ1) is 17.5. The molecule has 0 radical (unpaired) electrons. The fourth-order valence-electron chi connectivity index (χ4n) is 3.21. The van der Waals surface area contributed by atoms with Crippen molar-refractivity contribution in [2.75, 3.05) is 0 Å². The number of nitrogens with zero attached hydrogens (tertiary/aromatic N) is 4. The third-order valence-corrected chi connectivity index (χ3v) is 5.68. The summed E-state index contributed by atoms with van der Waals surface area (Å²) in [5, 5.41) is 5.22. The highest BCUT2D eigenvalue weighted by atomic mass is 32.2. The predicted octanol–water partition coefficient (Wildman–Crippen LogP) is 4.98. The average molecular weight is 349 g/mol. The Hall–Kier alpha value is -1.30. The zero-order valence-corrected chi connectivity index (χ0v) is 16.2. The van der Waals surface area contributed by atoms with E-state index in [1.165, 1.54) is 37.8 Å². The zero-order chi connectivity index (χ0) is 17.3. The van der Waals surface area contributed by atoms with Crippen LogP contribution in [0.3, 0.4) is 0 Å². The van der Waals surface area contributed by atoms with Crippen LogP contribution in [0.4, 0.5) is 0 Å². The third kappa shape index (κ3) is 3.68. The van der Waals surface area contributed by atoms with E-state index in [9.17, 15) is 0 Å². The molecule has 0 atom stereocenters. The van der Waals surface area contributed by atoms with Gasteiger partial charge >= 0.3 is 0 Å². The van der Waals surface area contributed by atoms with Crippen molar-refractivity contribution in [1.29, 1.82) is 0 Å². The summed E-state index contributed by atoms with van der Waals surface area (Å²) in [6.07, 6.45) is 6.54. The highest BCUT2D eigenvalue weighted by Gasteiger charge is 2.24. The number of imidazole rings is 1. The molecule has 0 unspecified atom stereocenters. The van der Waals surface area contributed by atoms with Gasteiger partial charge in [-0.25, -0.2) is 4.98 Å². The molecule has 132 valence electrons. The molecule has 2 aromatic rings. The molecule has 1 aliphatic carbocycles. The number of hydrogen-bond acceptors (Lipinski definition) is 5. The van der Waals surface area contributed by atoms with E-state index in [1.807, 2.05) is 0 Å². The summed E-state index contributed by atoms with van der Waals surface area (Å²) < 4.78 is 7.84. The summed E-state index contributed by atoms with van der Waals surface area (Å²) >= 11 is 1.72. The summed E-state index contributed by atoms with van der Waals surface area (Å²) in [4.78, 5) is 9.33. The van der Waals surface area contributed by atoms with Crippen molar-refractivity contribution in [2.45, 2.75) is 89.1 Å². The topological polar surface area (TPSA) is 56.7 Å². The van der Waals surface area contributed by atoms with E-state index >= 15 is 0 Å². The fraction of sp³-hybridized carbons (Fsp3) is 0.722. The van der Waals surface area contributed by atoms with Crippen LogP contribution < -0.4 is 0 Å². The lowest BCUT2D eigenvalue weighted by molar-refractivity contribution is 0.319. The molecule has 0 saturated heterocycles. The first-order chi connectivity index (χ1) is 11.4. The van der Waals surface area contributed by atoms with Crippen molar-refractivity contribution in [3.8, 4) is 0 Å². The highest BCUT2D eigenvalue weighted by Crippen LogP contribution is 2.35. The normalized spacial score (nSPS) is 16.7. The van der Waals surface area contributed by atoms with Gasteiger partial charge < -0.3 is 9.09 Å². The second-order valence-electron chi connectivity index (χ2n) is 7.78. The second-order valence-corrected chi connectivity index (χ2v) is 8.72. The van der Waals surface area contributed by atoms with Crippen LogP contribution in [-0.2, 0) is 11.2 Å². The van der Waals surface area contributed by atoms with E-state index in [0.29, 0.717) is 17.7 Å². The Labute approximate surface area is 148 Å². The number of aromatic nitrogens is 4. The maximum absolute atomic E-state index is 5.39. The van der Waals surface area contributed by atoms with Gasteiger partial charge in [0.05, 0.1) is 11.4 Å². The lowest BCUT2D eigenvalue weighted by atomic mass is 9.95. The Balaban J connectivity index is 1.75. The van der Waals surface area contributed by atoms with Crippen LogP contribution in [0.5, 0.6) is 0 Å². The molecule has 0 aliphatic heterocycles. The van der Waals surface area contributed by atoms with Crippen molar-refractivity contribution in [3.63, 3.8) is 0 Å². The minimum Gasteiger partial charge on any atom is -0.339 e. The summed E-state index contributed by atoms with van der Waals surface area (Å²) in [6, 6.07) is 0.595. The predicted molar refractivity (Wildman–Crippen MR) is 96.4 cm³/mol. The van der Waals surface area contributed by atoms with Gasteiger partial charge in [0.25, 0.3) is 0 Å². The molecule has 0 aromatic carbocycles. The molecule has 24 heavy (non-hydrogen) atoms. The van der Waals surface area contributed by atoms with E-state index in [2.05, 4.69) is 49.3 Å². The average Bonchev–Trinajstić information content (AvgIpc) is 3.12. The molecule has 0 bridgehead atoms. The summed E-state index contributed by atoms with van der Waals surface area (Å²) in [6.45, 7) is 10.5. The van der Waals surface area contributed by atoms with Gasteiger partial charge in [0.1, 0.15) is 0 Å². The van der Waals surface area contributed by atoms with Gasteiger partial charge in [0.15, 0.2) is 11.0 Å². The smallest absolute Gasteiger partial charge is 0.232 e. The van der Waals surface area contributed by atoms with Gasteiger partial charge in [0, 0.05) is 17.2 Å². The SMILES string of the molecule is Cc1nc(SCc2noc(C(C)(C)C)n2)n(C2CCCCC2)c1C. The lowest BCUT2D eigenvalue weighted by Gasteiger charge is -2.25. The zero-order valence-electron chi connectivity index (χ0n) is 15.4. The molecule has 6 heteroatoms. The number of aryl methyl sites for hydroxylation is 1. The Kier molecular flexibility index (Phi) is 5.04. The van der Waals surface area contributed by atoms with Crippen molar-refractivity contribution >= 4 is 11.8 Å². The van der Waals surface area contributed by atoms with Crippen molar-refractivity contribution < 1.29 is 4.52 Å². The summed E-state index contributed by atoms with van der Waals surface area (Å²) in [7, 11) is 0. The summed E-state index contributed by atoms with van der Waals surface area (Å²) in [5.41, 5.74) is 2.32. The van der Waals surface area contributed by atoms with Gasteiger partial charge in [-0.1, -0.05) is 57.0 Å². The van der Waals surface area contributed by atoms with Gasteiger partial charge in [-0.05, 0) is 26.7 Å². The van der Waals surface area contributed by atoms with Crippen LogP contribution in [0.2, 0.25) is 0 Å². The molecular formula is C18H28N4OS. The van der Waals surface area contributed by atoms with E-state index in [0.717, 1.165) is 16.7 Å².